The van der Waals surface area contributed by atoms with Gasteiger partial charge in [-0.2, -0.15) is 10.5 Å². The third kappa shape index (κ3) is 3.71. The fraction of sp³-hybridized carbons (Fsp3) is 0. The molecule has 2 aromatic rings. The van der Waals surface area contributed by atoms with E-state index in [0.29, 0.717) is 11.1 Å². The van der Waals surface area contributed by atoms with Gasteiger partial charge in [-0.1, -0.05) is 24.3 Å². The average Bonchev–Trinajstić information content (AvgIpc) is 2.48. The molecule has 0 saturated heterocycles. The molecule has 0 fully saturated rings. The molecule has 92 valence electrons. The maximum Gasteiger partial charge on any atom is 0.100 e. The molecule has 2 rings (SSSR count). The molecule has 0 spiro atoms. The minimum Gasteiger partial charge on any atom is -0.192 e. The Balaban J connectivity index is 2.01. The first-order chi connectivity index (χ1) is 9.35. The van der Waals surface area contributed by atoms with E-state index in [-0.39, 0.29) is 0 Å². The molecule has 0 aliphatic carbocycles. The average molecular weight is 300 g/mol. The Labute approximate surface area is 123 Å². The molecule has 0 atom stereocenters. The summed E-state index contributed by atoms with van der Waals surface area (Å²) in [5.74, 6) is 0. The predicted octanol–water partition coefficient (Wildman–Crippen LogP) is 4.88. The molecular weight excluding hydrogens is 292 g/mol. The van der Waals surface area contributed by atoms with E-state index in [2.05, 4.69) is 12.1 Å². The quantitative estimate of drug-likeness (QED) is 0.753. The van der Waals surface area contributed by atoms with Crippen molar-refractivity contribution in [2.24, 2.45) is 0 Å². The summed E-state index contributed by atoms with van der Waals surface area (Å²) in [6.07, 6.45) is 0. The first-order valence-corrected chi connectivity index (χ1v) is 8.83. The highest BCUT2D eigenvalue weighted by molar-refractivity contribution is 9.09. The third-order valence-electron chi connectivity index (χ3n) is 2.26. The Kier molecular flexibility index (Phi) is 5.23. The van der Waals surface area contributed by atoms with Crippen molar-refractivity contribution in [3.05, 3.63) is 59.7 Å². The summed E-state index contributed by atoms with van der Waals surface area (Å²) in [6, 6.07) is 19.3. The number of hydrogen-bond donors (Lipinski definition) is 0. The molecule has 0 radical (unpaired) electrons. The van der Waals surface area contributed by atoms with Gasteiger partial charge in [0.05, 0.1) is 11.1 Å². The summed E-state index contributed by atoms with van der Waals surface area (Å²) in [5, 5.41) is 18.0. The summed E-state index contributed by atoms with van der Waals surface area (Å²) < 4.78 is 0. The van der Waals surface area contributed by atoms with E-state index >= 15 is 0 Å². The molecular formula is C14H8N2S3. The highest BCUT2D eigenvalue weighted by atomic mass is 33.5. The van der Waals surface area contributed by atoms with Gasteiger partial charge in [0.2, 0.25) is 0 Å². The van der Waals surface area contributed by atoms with Gasteiger partial charge < -0.3 is 0 Å². The van der Waals surface area contributed by atoms with Crippen molar-refractivity contribution in [1.29, 1.82) is 10.5 Å². The topological polar surface area (TPSA) is 47.6 Å². The molecule has 19 heavy (non-hydrogen) atoms. The summed E-state index contributed by atoms with van der Waals surface area (Å²) in [5.41, 5.74) is 1.35. The predicted molar refractivity (Wildman–Crippen MR) is 81.6 cm³/mol. The van der Waals surface area contributed by atoms with Crippen molar-refractivity contribution in [3.8, 4) is 12.1 Å². The lowest BCUT2D eigenvalue weighted by atomic mass is 10.2. The minimum absolute atomic E-state index is 0.675. The Bertz CT molecular complexity index is 599. The van der Waals surface area contributed by atoms with Crippen molar-refractivity contribution >= 4 is 31.4 Å². The molecule has 0 unspecified atom stereocenters. The fourth-order valence-corrected chi connectivity index (χ4v) is 5.25. The van der Waals surface area contributed by atoms with Gasteiger partial charge >= 0.3 is 0 Å². The molecule has 0 N–H and O–H groups in total. The van der Waals surface area contributed by atoms with E-state index in [0.717, 1.165) is 9.79 Å². The van der Waals surface area contributed by atoms with Crippen molar-refractivity contribution in [3.63, 3.8) is 0 Å². The van der Waals surface area contributed by atoms with Gasteiger partial charge in [-0.25, -0.2) is 0 Å². The minimum atomic E-state index is 0.675. The van der Waals surface area contributed by atoms with Crippen LogP contribution >= 0.6 is 31.4 Å². The Hall–Kier alpha value is -1.53. The molecule has 0 aliphatic rings. The summed E-state index contributed by atoms with van der Waals surface area (Å²) in [4.78, 5) is 1.88. The zero-order valence-corrected chi connectivity index (χ0v) is 12.2. The van der Waals surface area contributed by atoms with Crippen LogP contribution in [0.2, 0.25) is 0 Å². The third-order valence-corrected chi connectivity index (χ3v) is 6.18. The monoisotopic (exact) mass is 300 g/mol. The van der Waals surface area contributed by atoms with Crippen molar-refractivity contribution < 1.29 is 0 Å². The number of nitrogens with zero attached hydrogens (tertiary/aromatic N) is 2. The van der Waals surface area contributed by atoms with Crippen LogP contribution in [0.3, 0.4) is 0 Å². The number of rotatable bonds is 4. The lowest BCUT2D eigenvalue weighted by Crippen LogP contribution is -1.78. The van der Waals surface area contributed by atoms with Gasteiger partial charge in [-0.05, 0) is 55.7 Å². The van der Waals surface area contributed by atoms with E-state index in [1.807, 2.05) is 36.4 Å². The zero-order valence-electron chi connectivity index (χ0n) is 9.74. The largest absolute Gasteiger partial charge is 0.192 e. The van der Waals surface area contributed by atoms with Crippen molar-refractivity contribution in [1.82, 2.24) is 0 Å². The van der Waals surface area contributed by atoms with Crippen LogP contribution in [0.5, 0.6) is 0 Å². The molecule has 2 aromatic carbocycles. The molecule has 0 saturated carbocycles. The number of nitriles is 2. The maximum absolute atomic E-state index is 8.99. The SMILES string of the molecule is N#Cc1ccccc1SSSc1ccccc1C#N. The first kappa shape index (κ1) is 13.9. The lowest BCUT2D eigenvalue weighted by Gasteiger charge is -2.03. The standard InChI is InChI=1S/C14H8N2S3/c15-9-11-5-1-3-7-13(11)17-19-18-14-8-4-2-6-12(14)10-16/h1-8H. The van der Waals surface area contributed by atoms with Gasteiger partial charge in [0, 0.05) is 9.79 Å². The van der Waals surface area contributed by atoms with Crippen molar-refractivity contribution in [2.45, 2.75) is 9.79 Å². The van der Waals surface area contributed by atoms with E-state index in [4.69, 9.17) is 10.5 Å². The van der Waals surface area contributed by atoms with Crippen molar-refractivity contribution in [2.75, 3.05) is 0 Å². The highest BCUT2D eigenvalue weighted by Crippen LogP contribution is 2.45. The van der Waals surface area contributed by atoms with Gasteiger partial charge in [0.25, 0.3) is 0 Å². The van der Waals surface area contributed by atoms with E-state index in [1.54, 1.807) is 22.0 Å². The van der Waals surface area contributed by atoms with Crippen LogP contribution in [-0.2, 0) is 0 Å². The van der Waals surface area contributed by atoms with Gasteiger partial charge in [-0.3, -0.25) is 0 Å². The molecule has 0 aliphatic heterocycles. The Morgan fingerprint density at radius 3 is 1.53 bits per heavy atom. The number of hydrogen-bond acceptors (Lipinski definition) is 5. The summed E-state index contributed by atoms with van der Waals surface area (Å²) >= 11 is 0. The molecule has 0 bridgehead atoms. The van der Waals surface area contributed by atoms with Crippen LogP contribution in [0.25, 0.3) is 0 Å². The van der Waals surface area contributed by atoms with E-state index < -0.39 is 0 Å². The molecule has 5 heteroatoms. The first-order valence-electron chi connectivity index (χ1n) is 5.34. The molecule has 0 heterocycles. The molecule has 0 aromatic heterocycles. The maximum atomic E-state index is 8.99. The molecule has 0 amide bonds. The van der Waals surface area contributed by atoms with Crippen LogP contribution in [-0.4, -0.2) is 0 Å². The van der Waals surface area contributed by atoms with Gasteiger partial charge in [0.15, 0.2) is 0 Å². The van der Waals surface area contributed by atoms with Gasteiger partial charge in [0.1, 0.15) is 12.1 Å². The lowest BCUT2D eigenvalue weighted by molar-refractivity contribution is 1.38. The fourth-order valence-electron chi connectivity index (χ4n) is 1.35. The van der Waals surface area contributed by atoms with Crippen LogP contribution in [0.4, 0.5) is 0 Å². The molecule has 2 nitrogen and oxygen atoms in total. The summed E-state index contributed by atoms with van der Waals surface area (Å²) in [6.45, 7) is 0. The Morgan fingerprint density at radius 1 is 0.684 bits per heavy atom. The number of benzene rings is 2. The highest BCUT2D eigenvalue weighted by Gasteiger charge is 2.05. The Morgan fingerprint density at radius 2 is 1.11 bits per heavy atom. The normalized spacial score (nSPS) is 9.58. The van der Waals surface area contributed by atoms with E-state index in [1.165, 1.54) is 21.6 Å². The summed E-state index contributed by atoms with van der Waals surface area (Å²) in [7, 11) is 4.62. The van der Waals surface area contributed by atoms with Crippen LogP contribution in [0.15, 0.2) is 58.3 Å². The van der Waals surface area contributed by atoms with Crippen LogP contribution < -0.4 is 0 Å². The van der Waals surface area contributed by atoms with Gasteiger partial charge in [-0.15, -0.1) is 0 Å². The second kappa shape index (κ2) is 7.16. The second-order valence-corrected chi connectivity index (χ2v) is 7.43. The van der Waals surface area contributed by atoms with E-state index in [9.17, 15) is 0 Å². The van der Waals surface area contributed by atoms with Crippen LogP contribution in [0.1, 0.15) is 11.1 Å². The smallest absolute Gasteiger partial charge is 0.100 e. The zero-order chi connectivity index (χ0) is 13.5. The van der Waals surface area contributed by atoms with Crippen LogP contribution in [0, 0.1) is 22.7 Å². The second-order valence-electron chi connectivity index (χ2n) is 3.45.